The average Bonchev–Trinajstić information content (AvgIpc) is 2.27. The Morgan fingerprint density at radius 2 is 1.88 bits per heavy atom. The number of hydrogen-bond donors (Lipinski definition) is 1. The van der Waals surface area contributed by atoms with E-state index in [1.165, 1.54) is 7.11 Å². The molecule has 0 saturated heterocycles. The van der Waals surface area contributed by atoms with Crippen molar-refractivity contribution < 1.29 is 9.53 Å². The molecule has 4 heteroatoms. The van der Waals surface area contributed by atoms with Gasteiger partial charge < -0.3 is 10.5 Å². The molecule has 96 valence electrons. The van der Waals surface area contributed by atoms with Gasteiger partial charge in [0, 0.05) is 6.04 Å². The maximum absolute atomic E-state index is 11.7. The minimum atomic E-state index is -0.721. The summed E-state index contributed by atoms with van der Waals surface area (Å²) in [6, 6.07) is 7.46. The summed E-state index contributed by atoms with van der Waals surface area (Å²) >= 11 is 0. The highest BCUT2D eigenvalue weighted by atomic mass is 35.5. The number of carbonyl (C=O) groups is 1. The summed E-state index contributed by atoms with van der Waals surface area (Å²) in [6.07, 6.45) is 0. The monoisotopic (exact) mass is 257 g/mol. The van der Waals surface area contributed by atoms with E-state index >= 15 is 0 Å². The lowest BCUT2D eigenvalue weighted by Crippen LogP contribution is -2.37. The highest BCUT2D eigenvalue weighted by molar-refractivity contribution is 5.85. The normalized spacial score (nSPS) is 12.5. The Bertz CT molecular complexity index is 391. The van der Waals surface area contributed by atoms with Crippen LogP contribution >= 0.6 is 12.4 Å². The maximum Gasteiger partial charge on any atom is 0.313 e. The molecule has 0 aliphatic carbocycles. The van der Waals surface area contributed by atoms with Gasteiger partial charge in [-0.15, -0.1) is 12.4 Å². The molecule has 0 heterocycles. The third-order valence-corrected chi connectivity index (χ3v) is 3.01. The zero-order valence-corrected chi connectivity index (χ0v) is 11.5. The molecular formula is C13H20ClNO2. The molecule has 1 rings (SSSR count). The van der Waals surface area contributed by atoms with E-state index in [0.717, 1.165) is 11.1 Å². The number of esters is 1. The molecule has 1 aromatic rings. The number of rotatable bonds is 3. The van der Waals surface area contributed by atoms with Crippen molar-refractivity contribution >= 4 is 18.4 Å². The van der Waals surface area contributed by atoms with Gasteiger partial charge in [0.1, 0.15) is 0 Å². The molecule has 0 aliphatic heterocycles. The van der Waals surface area contributed by atoms with Gasteiger partial charge in [0.2, 0.25) is 0 Å². The predicted octanol–water partition coefficient (Wildman–Crippen LogP) is 2.62. The molecule has 2 N–H and O–H groups in total. The largest absolute Gasteiger partial charge is 0.469 e. The standard InChI is InChI=1S/C13H19NO2.ClH/c1-9-7-5-6-8-10(9)11(14)13(2,3)12(15)16-4;/h5-8,11H,14H2,1-4H3;1H/t11-;/m0./s1. The Kier molecular flexibility index (Phi) is 5.66. The van der Waals surface area contributed by atoms with Crippen LogP contribution in [-0.4, -0.2) is 13.1 Å². The van der Waals surface area contributed by atoms with Crippen LogP contribution in [0.1, 0.15) is 31.0 Å². The summed E-state index contributed by atoms with van der Waals surface area (Å²) in [5, 5.41) is 0. The van der Waals surface area contributed by atoms with Crippen LogP contribution in [0, 0.1) is 12.3 Å². The average molecular weight is 258 g/mol. The van der Waals surface area contributed by atoms with Crippen LogP contribution in [0.2, 0.25) is 0 Å². The number of aryl methyl sites for hydroxylation is 1. The number of ether oxygens (including phenoxy) is 1. The van der Waals surface area contributed by atoms with Gasteiger partial charge >= 0.3 is 5.97 Å². The first-order chi connectivity index (χ1) is 7.41. The second-order valence-electron chi connectivity index (χ2n) is 4.55. The van der Waals surface area contributed by atoms with Crippen molar-refractivity contribution in [1.82, 2.24) is 0 Å². The SMILES string of the molecule is COC(=O)C(C)(C)[C@@H](N)c1ccccc1C.Cl. The fraction of sp³-hybridized carbons (Fsp3) is 0.462. The van der Waals surface area contributed by atoms with E-state index in [9.17, 15) is 4.79 Å². The highest BCUT2D eigenvalue weighted by Gasteiger charge is 2.36. The molecule has 0 aromatic heterocycles. The van der Waals surface area contributed by atoms with Crippen molar-refractivity contribution in [2.45, 2.75) is 26.8 Å². The van der Waals surface area contributed by atoms with Gasteiger partial charge in [-0.3, -0.25) is 4.79 Å². The molecule has 17 heavy (non-hydrogen) atoms. The van der Waals surface area contributed by atoms with E-state index in [2.05, 4.69) is 0 Å². The van der Waals surface area contributed by atoms with Gasteiger partial charge in [0.25, 0.3) is 0 Å². The molecule has 1 atom stereocenters. The molecule has 0 radical (unpaired) electrons. The number of hydrogen-bond acceptors (Lipinski definition) is 3. The quantitative estimate of drug-likeness (QED) is 0.847. The number of halogens is 1. The van der Waals surface area contributed by atoms with Gasteiger partial charge in [-0.05, 0) is 31.9 Å². The summed E-state index contributed by atoms with van der Waals surface area (Å²) < 4.78 is 4.78. The molecule has 0 aliphatic rings. The van der Waals surface area contributed by atoms with Gasteiger partial charge in [-0.25, -0.2) is 0 Å². The molecule has 0 bridgehead atoms. The Morgan fingerprint density at radius 3 is 2.35 bits per heavy atom. The van der Waals surface area contributed by atoms with Crippen molar-refractivity contribution in [3.8, 4) is 0 Å². The third-order valence-electron chi connectivity index (χ3n) is 3.01. The first-order valence-corrected chi connectivity index (χ1v) is 5.30. The third kappa shape index (κ3) is 3.20. The fourth-order valence-corrected chi connectivity index (χ4v) is 1.71. The Hall–Kier alpha value is -1.06. The first-order valence-electron chi connectivity index (χ1n) is 5.30. The first kappa shape index (κ1) is 15.9. The zero-order chi connectivity index (χ0) is 12.3. The summed E-state index contributed by atoms with van der Waals surface area (Å²) in [4.78, 5) is 11.7. The van der Waals surface area contributed by atoms with Crippen molar-refractivity contribution in [3.63, 3.8) is 0 Å². The van der Waals surface area contributed by atoms with E-state index in [4.69, 9.17) is 10.5 Å². The van der Waals surface area contributed by atoms with Gasteiger partial charge in [0.05, 0.1) is 12.5 Å². The summed E-state index contributed by atoms with van der Waals surface area (Å²) in [5.41, 5.74) is 7.50. The molecular weight excluding hydrogens is 238 g/mol. The van der Waals surface area contributed by atoms with Crippen LogP contribution in [0.3, 0.4) is 0 Å². The minimum Gasteiger partial charge on any atom is -0.469 e. The number of nitrogens with two attached hydrogens (primary N) is 1. The summed E-state index contributed by atoms with van der Waals surface area (Å²) in [5.74, 6) is -0.289. The van der Waals surface area contributed by atoms with E-state index in [1.807, 2.05) is 31.2 Å². The van der Waals surface area contributed by atoms with E-state index in [1.54, 1.807) is 13.8 Å². The van der Waals surface area contributed by atoms with Crippen molar-refractivity contribution in [2.75, 3.05) is 7.11 Å². The number of methoxy groups -OCH3 is 1. The smallest absolute Gasteiger partial charge is 0.313 e. The molecule has 1 aromatic carbocycles. The van der Waals surface area contributed by atoms with Crippen LogP contribution in [-0.2, 0) is 9.53 Å². The van der Waals surface area contributed by atoms with Crippen LogP contribution in [0.15, 0.2) is 24.3 Å². The molecule has 3 nitrogen and oxygen atoms in total. The van der Waals surface area contributed by atoms with Crippen molar-refractivity contribution in [1.29, 1.82) is 0 Å². The zero-order valence-electron chi connectivity index (χ0n) is 10.7. The molecule has 0 fully saturated rings. The summed E-state index contributed by atoms with van der Waals surface area (Å²) in [6.45, 7) is 5.59. The van der Waals surface area contributed by atoms with Crippen molar-refractivity contribution in [2.24, 2.45) is 11.1 Å². The van der Waals surface area contributed by atoms with Gasteiger partial charge in [-0.1, -0.05) is 24.3 Å². The minimum absolute atomic E-state index is 0. The number of carbonyl (C=O) groups excluding carboxylic acids is 1. The Balaban J connectivity index is 0.00000256. The lowest BCUT2D eigenvalue weighted by molar-refractivity contribution is -0.152. The maximum atomic E-state index is 11.7. The second kappa shape index (κ2) is 6.03. The topological polar surface area (TPSA) is 52.3 Å². The Morgan fingerprint density at radius 1 is 1.35 bits per heavy atom. The van der Waals surface area contributed by atoms with E-state index < -0.39 is 5.41 Å². The highest BCUT2D eigenvalue weighted by Crippen LogP contribution is 2.33. The predicted molar refractivity (Wildman–Crippen MR) is 71.2 cm³/mol. The lowest BCUT2D eigenvalue weighted by atomic mass is 9.80. The van der Waals surface area contributed by atoms with Crippen LogP contribution in [0.5, 0.6) is 0 Å². The second-order valence-corrected chi connectivity index (χ2v) is 4.55. The molecule has 0 unspecified atom stereocenters. The summed E-state index contributed by atoms with van der Waals surface area (Å²) in [7, 11) is 1.38. The van der Waals surface area contributed by atoms with Gasteiger partial charge in [-0.2, -0.15) is 0 Å². The van der Waals surface area contributed by atoms with Crippen LogP contribution in [0.25, 0.3) is 0 Å². The molecule has 0 amide bonds. The number of benzene rings is 1. The Labute approximate surface area is 109 Å². The fourth-order valence-electron chi connectivity index (χ4n) is 1.71. The van der Waals surface area contributed by atoms with Crippen molar-refractivity contribution in [3.05, 3.63) is 35.4 Å². The van der Waals surface area contributed by atoms with Crippen LogP contribution < -0.4 is 5.73 Å². The van der Waals surface area contributed by atoms with Gasteiger partial charge in [0.15, 0.2) is 0 Å². The molecule has 0 saturated carbocycles. The van der Waals surface area contributed by atoms with E-state index in [-0.39, 0.29) is 24.4 Å². The van der Waals surface area contributed by atoms with E-state index in [0.29, 0.717) is 0 Å². The lowest BCUT2D eigenvalue weighted by Gasteiger charge is -2.29. The molecule has 0 spiro atoms. The van der Waals surface area contributed by atoms with Crippen LogP contribution in [0.4, 0.5) is 0 Å².